The van der Waals surface area contributed by atoms with Gasteiger partial charge in [-0.3, -0.25) is 14.9 Å². The number of anilines is 1. The molecule has 0 atom stereocenters. The Morgan fingerprint density at radius 2 is 2.00 bits per heavy atom. The van der Waals surface area contributed by atoms with E-state index in [-0.39, 0.29) is 5.91 Å². The van der Waals surface area contributed by atoms with Gasteiger partial charge in [-0.1, -0.05) is 38.7 Å². The summed E-state index contributed by atoms with van der Waals surface area (Å²) in [6.07, 6.45) is 11.3. The van der Waals surface area contributed by atoms with Crippen LogP contribution in [0.4, 0.5) is 5.69 Å². The molecule has 0 aliphatic rings. The van der Waals surface area contributed by atoms with E-state index in [0.29, 0.717) is 23.7 Å². The third-order valence-electron chi connectivity index (χ3n) is 5.09. The Labute approximate surface area is 186 Å². The molecule has 7 nitrogen and oxygen atoms in total. The molecule has 0 radical (unpaired) electrons. The van der Waals surface area contributed by atoms with Crippen LogP contribution in [-0.2, 0) is 4.79 Å². The summed E-state index contributed by atoms with van der Waals surface area (Å²) in [5.74, 6) is 0.273. The van der Waals surface area contributed by atoms with Gasteiger partial charge in [0.25, 0.3) is 0 Å². The van der Waals surface area contributed by atoms with Crippen LogP contribution < -0.4 is 5.32 Å². The van der Waals surface area contributed by atoms with E-state index in [1.54, 1.807) is 24.7 Å². The molecule has 0 saturated heterocycles. The lowest BCUT2D eigenvalue weighted by Crippen LogP contribution is -2.13. The van der Waals surface area contributed by atoms with Crippen LogP contribution in [0.25, 0.3) is 39.6 Å². The Morgan fingerprint density at radius 1 is 1.19 bits per heavy atom. The summed E-state index contributed by atoms with van der Waals surface area (Å²) < 4.78 is 0. The van der Waals surface area contributed by atoms with E-state index < -0.39 is 0 Å². The van der Waals surface area contributed by atoms with Crippen molar-refractivity contribution < 1.29 is 4.79 Å². The first-order valence-corrected chi connectivity index (χ1v) is 10.5. The van der Waals surface area contributed by atoms with Gasteiger partial charge in [0.1, 0.15) is 0 Å². The zero-order valence-corrected chi connectivity index (χ0v) is 18.4. The zero-order valence-electron chi connectivity index (χ0n) is 18.4. The van der Waals surface area contributed by atoms with Gasteiger partial charge in [0.2, 0.25) is 5.91 Å². The molecule has 0 fully saturated rings. The number of fused-ring (bicyclic) bond motifs is 1. The number of hydrogen-bond acceptors (Lipinski definition) is 4. The standard InChI is InChI=1S/C25H26N6O/c1-5-6-7-17-11-22(28-16(17)4)24-21-10-19(13-27-25(21)31-30-24)18-9-20(14-26-12-18)29-23(32)8-15(2)3/h5-7,9-15,28H,1,8H2,2-4H3,(H,29,32)(H,27,30,31)/b7-6-. The van der Waals surface area contributed by atoms with Crippen LogP contribution in [0.15, 0.2) is 55.5 Å². The number of nitrogens with zero attached hydrogens (tertiary/aromatic N) is 3. The highest BCUT2D eigenvalue weighted by atomic mass is 16.1. The summed E-state index contributed by atoms with van der Waals surface area (Å²) in [4.78, 5) is 24.4. The normalized spacial score (nSPS) is 11.5. The number of pyridine rings is 2. The molecule has 4 aromatic heterocycles. The highest BCUT2D eigenvalue weighted by Crippen LogP contribution is 2.30. The fraction of sp³-hybridized carbons (Fsp3) is 0.200. The second kappa shape index (κ2) is 9.01. The van der Waals surface area contributed by atoms with Crippen LogP contribution in [-0.4, -0.2) is 31.1 Å². The maximum atomic E-state index is 12.1. The third kappa shape index (κ3) is 4.51. The smallest absolute Gasteiger partial charge is 0.224 e. The van der Waals surface area contributed by atoms with Gasteiger partial charge >= 0.3 is 0 Å². The Kier molecular flexibility index (Phi) is 5.98. The molecule has 32 heavy (non-hydrogen) atoms. The summed E-state index contributed by atoms with van der Waals surface area (Å²) >= 11 is 0. The van der Waals surface area contributed by atoms with E-state index in [1.807, 2.05) is 45.1 Å². The molecule has 4 rings (SSSR count). The van der Waals surface area contributed by atoms with Gasteiger partial charge in [0.05, 0.1) is 23.3 Å². The van der Waals surface area contributed by atoms with Gasteiger partial charge in [0, 0.05) is 41.0 Å². The van der Waals surface area contributed by atoms with Crippen LogP contribution in [0.1, 0.15) is 31.5 Å². The average molecular weight is 427 g/mol. The third-order valence-corrected chi connectivity index (χ3v) is 5.09. The van der Waals surface area contributed by atoms with Crippen LogP contribution in [0, 0.1) is 12.8 Å². The second-order valence-electron chi connectivity index (χ2n) is 8.16. The zero-order chi connectivity index (χ0) is 22.7. The molecular formula is C25H26N6O. The monoisotopic (exact) mass is 426 g/mol. The van der Waals surface area contributed by atoms with Gasteiger partial charge < -0.3 is 10.3 Å². The Morgan fingerprint density at radius 3 is 2.78 bits per heavy atom. The predicted molar refractivity (Wildman–Crippen MR) is 129 cm³/mol. The lowest BCUT2D eigenvalue weighted by Gasteiger charge is -2.08. The summed E-state index contributed by atoms with van der Waals surface area (Å²) in [5.41, 5.74) is 6.99. The molecular weight excluding hydrogens is 400 g/mol. The Hall–Kier alpha value is -4.00. The maximum Gasteiger partial charge on any atom is 0.224 e. The van der Waals surface area contributed by atoms with Gasteiger partial charge in [-0.25, -0.2) is 4.98 Å². The minimum Gasteiger partial charge on any atom is -0.357 e. The number of aromatic nitrogens is 5. The lowest BCUT2D eigenvalue weighted by atomic mass is 10.1. The van der Waals surface area contributed by atoms with Crippen molar-refractivity contribution in [3.63, 3.8) is 0 Å². The average Bonchev–Trinajstić information content (AvgIpc) is 3.34. The molecule has 162 valence electrons. The van der Waals surface area contributed by atoms with Gasteiger partial charge in [-0.05, 0) is 36.6 Å². The highest BCUT2D eigenvalue weighted by molar-refractivity contribution is 5.94. The molecule has 4 aromatic rings. The summed E-state index contributed by atoms with van der Waals surface area (Å²) in [7, 11) is 0. The number of aryl methyl sites for hydroxylation is 1. The molecule has 1 amide bonds. The fourth-order valence-electron chi connectivity index (χ4n) is 3.57. The van der Waals surface area contributed by atoms with E-state index in [0.717, 1.165) is 39.2 Å². The summed E-state index contributed by atoms with van der Waals surface area (Å²) in [6.45, 7) is 9.78. The quantitative estimate of drug-likeness (QED) is 0.339. The Bertz CT molecular complexity index is 1310. The van der Waals surface area contributed by atoms with Crippen molar-refractivity contribution in [3.8, 4) is 22.5 Å². The SMILES string of the molecule is C=C/C=C\c1cc(-c2[nH]nc3ncc(-c4cncc(NC(=O)CC(C)C)c4)cc23)[nH]c1C. The van der Waals surface area contributed by atoms with E-state index in [2.05, 4.69) is 43.1 Å². The minimum absolute atomic E-state index is 0.0203. The maximum absolute atomic E-state index is 12.1. The van der Waals surface area contributed by atoms with Crippen molar-refractivity contribution in [2.75, 3.05) is 5.32 Å². The lowest BCUT2D eigenvalue weighted by molar-refractivity contribution is -0.116. The van der Waals surface area contributed by atoms with Crippen LogP contribution in [0.5, 0.6) is 0 Å². The van der Waals surface area contributed by atoms with Crippen LogP contribution >= 0.6 is 0 Å². The molecule has 0 aromatic carbocycles. The summed E-state index contributed by atoms with van der Waals surface area (Å²) in [5, 5.41) is 11.3. The number of carbonyl (C=O) groups excluding carboxylic acids is 1. The van der Waals surface area contributed by atoms with Crippen molar-refractivity contribution in [3.05, 3.63) is 66.8 Å². The number of rotatable bonds is 7. The van der Waals surface area contributed by atoms with Gasteiger partial charge in [-0.15, -0.1) is 0 Å². The molecule has 0 saturated carbocycles. The minimum atomic E-state index is -0.0203. The van der Waals surface area contributed by atoms with E-state index in [1.165, 1.54) is 0 Å². The molecule has 0 aliphatic carbocycles. The summed E-state index contributed by atoms with van der Waals surface area (Å²) in [6, 6.07) is 6.01. The molecule has 3 N–H and O–H groups in total. The number of aromatic amines is 2. The van der Waals surface area contributed by atoms with Crippen molar-refractivity contribution in [2.24, 2.45) is 5.92 Å². The molecule has 0 aliphatic heterocycles. The van der Waals surface area contributed by atoms with Crippen molar-refractivity contribution in [1.29, 1.82) is 0 Å². The molecule has 0 spiro atoms. The molecule has 4 heterocycles. The van der Waals surface area contributed by atoms with Crippen molar-refractivity contribution in [2.45, 2.75) is 27.2 Å². The van der Waals surface area contributed by atoms with Crippen LogP contribution in [0.2, 0.25) is 0 Å². The van der Waals surface area contributed by atoms with E-state index in [4.69, 9.17) is 0 Å². The number of allylic oxidation sites excluding steroid dienone is 2. The Balaban J connectivity index is 1.68. The number of amides is 1. The second-order valence-corrected chi connectivity index (χ2v) is 8.16. The first-order valence-electron chi connectivity index (χ1n) is 10.5. The van der Waals surface area contributed by atoms with Gasteiger partial charge in [-0.2, -0.15) is 5.10 Å². The first-order chi connectivity index (χ1) is 15.4. The molecule has 0 bridgehead atoms. The van der Waals surface area contributed by atoms with Crippen molar-refractivity contribution in [1.82, 2.24) is 25.1 Å². The topological polar surface area (TPSA) is 99.3 Å². The number of carbonyl (C=O) groups is 1. The van der Waals surface area contributed by atoms with Crippen LogP contribution in [0.3, 0.4) is 0 Å². The van der Waals surface area contributed by atoms with Crippen molar-refractivity contribution >= 4 is 28.7 Å². The number of nitrogens with one attached hydrogen (secondary N) is 3. The predicted octanol–water partition coefficient (Wildman–Crippen LogP) is 5.51. The highest BCUT2D eigenvalue weighted by Gasteiger charge is 2.14. The number of H-pyrrole nitrogens is 2. The largest absolute Gasteiger partial charge is 0.357 e. The van der Waals surface area contributed by atoms with E-state index >= 15 is 0 Å². The molecule has 0 unspecified atom stereocenters. The van der Waals surface area contributed by atoms with Gasteiger partial charge in [0.15, 0.2) is 5.65 Å². The van der Waals surface area contributed by atoms with E-state index in [9.17, 15) is 4.79 Å². The first kappa shape index (κ1) is 21.2. The fourth-order valence-corrected chi connectivity index (χ4v) is 3.57. The number of hydrogen-bond donors (Lipinski definition) is 3. The molecule has 7 heteroatoms.